The second-order valence-electron chi connectivity index (χ2n) is 5.97. The van der Waals surface area contributed by atoms with Crippen LogP contribution >= 0.6 is 11.3 Å². The third-order valence-corrected chi connectivity index (χ3v) is 5.24. The number of thiophene rings is 1. The van der Waals surface area contributed by atoms with E-state index in [-0.39, 0.29) is 11.8 Å². The zero-order valence-corrected chi connectivity index (χ0v) is 14.3. The van der Waals surface area contributed by atoms with Crippen molar-refractivity contribution in [3.63, 3.8) is 0 Å². The molecule has 1 fully saturated rings. The lowest BCUT2D eigenvalue weighted by atomic mass is 9.97. The number of amides is 1. The number of carboxylic acids is 1. The van der Waals surface area contributed by atoms with E-state index in [2.05, 4.69) is 15.3 Å². The first-order valence-corrected chi connectivity index (χ1v) is 8.82. The fourth-order valence-corrected chi connectivity index (χ4v) is 3.79. The Morgan fingerprint density at radius 2 is 2.12 bits per heavy atom. The fraction of sp³-hybridized carbons (Fsp3) is 0.500. The highest BCUT2D eigenvalue weighted by atomic mass is 32.1. The van der Waals surface area contributed by atoms with Gasteiger partial charge in [-0.2, -0.15) is 0 Å². The van der Waals surface area contributed by atoms with Crippen LogP contribution in [0.3, 0.4) is 0 Å². The molecule has 0 aliphatic carbocycles. The van der Waals surface area contributed by atoms with E-state index >= 15 is 0 Å². The molecular weight excluding hydrogens is 328 g/mol. The van der Waals surface area contributed by atoms with Crippen LogP contribution < -0.4 is 5.32 Å². The average molecular weight is 348 g/mol. The summed E-state index contributed by atoms with van der Waals surface area (Å²) in [7, 11) is 0. The summed E-state index contributed by atoms with van der Waals surface area (Å²) in [6.07, 6.45) is 2.97. The first kappa shape index (κ1) is 16.6. The molecule has 0 aromatic carbocycles. The number of aliphatic carboxylic acids is 1. The van der Waals surface area contributed by atoms with Crippen LogP contribution in [0.4, 0.5) is 5.82 Å². The van der Waals surface area contributed by atoms with Gasteiger partial charge in [0.15, 0.2) is 0 Å². The Bertz CT molecular complexity index is 753. The maximum atomic E-state index is 12.2. The third kappa shape index (κ3) is 3.64. The number of fused-ring (bicyclic) bond motifs is 1. The minimum Gasteiger partial charge on any atom is -0.481 e. The lowest BCUT2D eigenvalue weighted by Crippen LogP contribution is -2.40. The van der Waals surface area contributed by atoms with Crippen LogP contribution in [0.2, 0.25) is 0 Å². The normalized spacial score (nSPS) is 15.6. The van der Waals surface area contributed by atoms with E-state index in [1.807, 2.05) is 13.0 Å². The number of carbonyl (C=O) groups excluding carboxylic acids is 1. The average Bonchev–Trinajstić information content (AvgIpc) is 2.96. The molecule has 2 aromatic heterocycles. The summed E-state index contributed by atoms with van der Waals surface area (Å²) < 4.78 is 0. The van der Waals surface area contributed by atoms with Gasteiger partial charge in [-0.3, -0.25) is 9.59 Å². The Labute approximate surface area is 143 Å². The molecule has 1 saturated heterocycles. The fourth-order valence-electron chi connectivity index (χ4n) is 2.94. The molecule has 1 aliphatic rings. The highest BCUT2D eigenvalue weighted by molar-refractivity contribution is 7.18. The molecule has 0 bridgehead atoms. The number of rotatable bonds is 5. The van der Waals surface area contributed by atoms with Gasteiger partial charge in [-0.15, -0.1) is 11.3 Å². The van der Waals surface area contributed by atoms with Gasteiger partial charge in [-0.05, 0) is 25.8 Å². The Morgan fingerprint density at radius 3 is 2.83 bits per heavy atom. The van der Waals surface area contributed by atoms with Crippen molar-refractivity contribution in [1.29, 1.82) is 0 Å². The number of anilines is 1. The Hall–Kier alpha value is -2.22. The van der Waals surface area contributed by atoms with Crippen molar-refractivity contribution in [3.8, 4) is 0 Å². The molecular formula is C16H20N4O3S. The number of aryl methyl sites for hydroxylation is 1. The molecule has 128 valence electrons. The molecule has 2 aromatic rings. The maximum absolute atomic E-state index is 12.2. The van der Waals surface area contributed by atoms with E-state index in [0.717, 1.165) is 16.0 Å². The Morgan fingerprint density at radius 1 is 1.38 bits per heavy atom. The molecule has 1 amide bonds. The van der Waals surface area contributed by atoms with Crippen LogP contribution in [0.5, 0.6) is 0 Å². The first-order chi connectivity index (χ1) is 11.5. The second kappa shape index (κ2) is 7.12. The lowest BCUT2D eigenvalue weighted by Gasteiger charge is -2.30. The zero-order chi connectivity index (χ0) is 17.1. The van der Waals surface area contributed by atoms with E-state index in [9.17, 15) is 9.59 Å². The molecule has 24 heavy (non-hydrogen) atoms. The highest BCUT2D eigenvalue weighted by Gasteiger charge is 2.26. The molecule has 0 radical (unpaired) electrons. The number of aromatic nitrogens is 2. The van der Waals surface area contributed by atoms with Crippen LogP contribution in [0, 0.1) is 12.8 Å². The summed E-state index contributed by atoms with van der Waals surface area (Å²) in [6.45, 7) is 3.58. The molecule has 3 rings (SSSR count). The predicted octanol–water partition coefficient (Wildman–Crippen LogP) is 2.12. The summed E-state index contributed by atoms with van der Waals surface area (Å²) in [5.74, 6) is -0.272. The SMILES string of the molecule is Cc1cc2c(NCCC(=O)N3CCC(C(=O)O)CC3)ncnc2s1. The Kier molecular flexibility index (Phi) is 4.94. The molecule has 0 spiro atoms. The minimum absolute atomic E-state index is 0.0538. The third-order valence-electron chi connectivity index (χ3n) is 4.28. The number of piperidine rings is 1. The van der Waals surface area contributed by atoms with Crippen molar-refractivity contribution in [2.45, 2.75) is 26.2 Å². The topological polar surface area (TPSA) is 95.4 Å². The van der Waals surface area contributed by atoms with Crippen molar-refractivity contribution in [2.24, 2.45) is 5.92 Å². The molecule has 0 unspecified atom stereocenters. The predicted molar refractivity (Wildman–Crippen MR) is 92.2 cm³/mol. The van der Waals surface area contributed by atoms with E-state index in [4.69, 9.17) is 5.11 Å². The molecule has 0 saturated carbocycles. The summed E-state index contributed by atoms with van der Waals surface area (Å²) in [4.78, 5) is 35.5. The number of hydrogen-bond acceptors (Lipinski definition) is 6. The Balaban J connectivity index is 1.51. The van der Waals surface area contributed by atoms with Crippen molar-refractivity contribution < 1.29 is 14.7 Å². The zero-order valence-electron chi connectivity index (χ0n) is 13.5. The van der Waals surface area contributed by atoms with Crippen LogP contribution in [-0.4, -0.2) is 51.5 Å². The standard InChI is InChI=1S/C16H20N4O3S/c1-10-8-12-14(18-9-19-15(12)24-10)17-5-2-13(21)20-6-3-11(4-7-20)16(22)23/h8-9,11H,2-7H2,1H3,(H,22,23)(H,17,18,19). The van der Waals surface area contributed by atoms with Gasteiger partial charge in [0.25, 0.3) is 0 Å². The molecule has 3 heterocycles. The van der Waals surface area contributed by atoms with Crippen molar-refractivity contribution >= 4 is 39.2 Å². The van der Waals surface area contributed by atoms with E-state index < -0.39 is 5.97 Å². The molecule has 7 nitrogen and oxygen atoms in total. The van der Waals surface area contributed by atoms with Gasteiger partial charge in [-0.25, -0.2) is 9.97 Å². The van der Waals surface area contributed by atoms with E-state index in [0.29, 0.717) is 38.9 Å². The summed E-state index contributed by atoms with van der Waals surface area (Å²) in [5.41, 5.74) is 0. The molecule has 1 aliphatic heterocycles. The number of carbonyl (C=O) groups is 2. The largest absolute Gasteiger partial charge is 0.481 e. The summed E-state index contributed by atoms with van der Waals surface area (Å²) in [5, 5.41) is 13.2. The van der Waals surface area contributed by atoms with Crippen molar-refractivity contribution in [3.05, 3.63) is 17.3 Å². The van der Waals surface area contributed by atoms with Gasteiger partial charge in [0.05, 0.1) is 11.3 Å². The number of carboxylic acid groups (broad SMARTS) is 1. The van der Waals surface area contributed by atoms with Gasteiger partial charge in [-0.1, -0.05) is 0 Å². The van der Waals surface area contributed by atoms with Crippen molar-refractivity contribution in [1.82, 2.24) is 14.9 Å². The summed E-state index contributed by atoms with van der Waals surface area (Å²) in [6, 6.07) is 2.04. The van der Waals surface area contributed by atoms with Gasteiger partial charge in [0, 0.05) is 30.9 Å². The first-order valence-electron chi connectivity index (χ1n) is 8.00. The maximum Gasteiger partial charge on any atom is 0.306 e. The second-order valence-corrected chi connectivity index (χ2v) is 7.20. The highest BCUT2D eigenvalue weighted by Crippen LogP contribution is 2.27. The number of hydrogen-bond donors (Lipinski definition) is 2. The van der Waals surface area contributed by atoms with E-state index in [1.165, 1.54) is 11.2 Å². The van der Waals surface area contributed by atoms with Gasteiger partial charge >= 0.3 is 5.97 Å². The molecule has 2 N–H and O–H groups in total. The quantitative estimate of drug-likeness (QED) is 0.859. The molecule has 0 atom stereocenters. The van der Waals surface area contributed by atoms with E-state index in [1.54, 1.807) is 16.2 Å². The van der Waals surface area contributed by atoms with Crippen LogP contribution in [-0.2, 0) is 9.59 Å². The van der Waals surface area contributed by atoms with Gasteiger partial charge < -0.3 is 15.3 Å². The van der Waals surface area contributed by atoms with Gasteiger partial charge in [0.2, 0.25) is 5.91 Å². The minimum atomic E-state index is -0.761. The molecule has 8 heteroatoms. The number of likely N-dealkylation sites (tertiary alicyclic amines) is 1. The monoisotopic (exact) mass is 348 g/mol. The van der Waals surface area contributed by atoms with Gasteiger partial charge in [0.1, 0.15) is 17.0 Å². The number of nitrogens with zero attached hydrogens (tertiary/aromatic N) is 3. The van der Waals surface area contributed by atoms with Crippen molar-refractivity contribution in [2.75, 3.05) is 25.0 Å². The smallest absolute Gasteiger partial charge is 0.306 e. The number of nitrogens with one attached hydrogen (secondary N) is 1. The van der Waals surface area contributed by atoms with Crippen LogP contribution in [0.1, 0.15) is 24.1 Å². The lowest BCUT2D eigenvalue weighted by molar-refractivity contribution is -0.145. The van der Waals surface area contributed by atoms with Crippen LogP contribution in [0.15, 0.2) is 12.4 Å². The van der Waals surface area contributed by atoms with Crippen LogP contribution in [0.25, 0.3) is 10.2 Å². The summed E-state index contributed by atoms with van der Waals surface area (Å²) >= 11 is 1.62.